The predicted octanol–water partition coefficient (Wildman–Crippen LogP) is 0.780. The van der Waals surface area contributed by atoms with Crippen molar-refractivity contribution in [3.63, 3.8) is 0 Å². The molecule has 1 aromatic rings. The summed E-state index contributed by atoms with van der Waals surface area (Å²) in [7, 11) is 1.14. The van der Waals surface area contributed by atoms with Gasteiger partial charge in [-0.25, -0.2) is 13.4 Å². The van der Waals surface area contributed by atoms with Crippen molar-refractivity contribution in [3.05, 3.63) is 17.8 Å². The molecule has 0 radical (unpaired) electrons. The molecular weight excluding hydrogens is 256 g/mol. The Morgan fingerprint density at radius 2 is 2.12 bits per heavy atom. The van der Waals surface area contributed by atoms with Crippen LogP contribution in [0.1, 0.15) is 17.4 Å². The van der Waals surface area contributed by atoms with Gasteiger partial charge in [0.05, 0.1) is 4.90 Å². The Bertz CT molecular complexity index is 541. The number of halogens is 1. The molecule has 86 valence electrons. The first-order valence-electron chi connectivity index (χ1n) is 4.02. The maximum absolute atomic E-state index is 11.0. The van der Waals surface area contributed by atoms with Crippen molar-refractivity contribution in [1.29, 1.82) is 0 Å². The number of hydrogen-bond donors (Lipinski definition) is 1. The Hall–Kier alpha value is -1.47. The molecule has 0 fully saturated rings. The average Bonchev–Trinajstić information content (AvgIpc) is 2.14. The monoisotopic (exact) mass is 262 g/mol. The molecule has 0 spiro atoms. The summed E-state index contributed by atoms with van der Waals surface area (Å²) in [6.07, 6.45) is 0.358. The fraction of sp³-hybridized carbons (Fsp3) is 0.125. The highest BCUT2D eigenvalue weighted by Gasteiger charge is 2.13. The molecule has 1 amide bonds. The smallest absolute Gasteiger partial charge is 0.261 e. The van der Waals surface area contributed by atoms with Gasteiger partial charge in [0.2, 0.25) is 5.91 Å². The standard InChI is InChI=1S/C8H7ClN2O4S/c1-5(13)10-8-3-7(16(9,14)15)2-6(4-12)11-8/h2-4H,1H3,(H,10,11,13). The SMILES string of the molecule is CC(=O)Nc1cc(S(=O)(=O)Cl)cc(C=O)n1. The lowest BCUT2D eigenvalue weighted by atomic mass is 10.3. The first kappa shape index (κ1) is 12.6. The minimum Gasteiger partial charge on any atom is -0.311 e. The molecule has 0 unspecified atom stereocenters. The predicted molar refractivity (Wildman–Crippen MR) is 57.0 cm³/mol. The second kappa shape index (κ2) is 4.58. The van der Waals surface area contributed by atoms with Crippen molar-refractivity contribution in [2.75, 3.05) is 5.32 Å². The van der Waals surface area contributed by atoms with Gasteiger partial charge >= 0.3 is 0 Å². The molecule has 0 aliphatic rings. The number of anilines is 1. The van der Waals surface area contributed by atoms with E-state index in [-0.39, 0.29) is 16.4 Å². The summed E-state index contributed by atoms with van der Waals surface area (Å²) in [5.74, 6) is -0.482. The fourth-order valence-corrected chi connectivity index (χ4v) is 1.75. The molecule has 0 saturated carbocycles. The highest BCUT2D eigenvalue weighted by molar-refractivity contribution is 8.13. The lowest BCUT2D eigenvalue weighted by Crippen LogP contribution is -2.09. The third-order valence-corrected chi connectivity index (χ3v) is 2.86. The molecule has 1 rings (SSSR count). The van der Waals surface area contributed by atoms with Crippen molar-refractivity contribution < 1.29 is 18.0 Å². The number of amides is 1. The van der Waals surface area contributed by atoms with E-state index < -0.39 is 15.0 Å². The third kappa shape index (κ3) is 3.28. The van der Waals surface area contributed by atoms with E-state index in [1.54, 1.807) is 0 Å². The average molecular weight is 263 g/mol. The Labute approximate surface area is 96.1 Å². The Morgan fingerprint density at radius 3 is 2.56 bits per heavy atom. The normalized spacial score (nSPS) is 10.9. The summed E-state index contributed by atoms with van der Waals surface area (Å²) >= 11 is 0. The van der Waals surface area contributed by atoms with Crippen LogP contribution in [0.2, 0.25) is 0 Å². The van der Waals surface area contributed by atoms with Crippen molar-refractivity contribution in [1.82, 2.24) is 4.98 Å². The van der Waals surface area contributed by atoms with E-state index in [1.165, 1.54) is 6.92 Å². The first-order chi connectivity index (χ1) is 7.32. The summed E-state index contributed by atoms with van der Waals surface area (Å²) < 4.78 is 22.1. The Kier molecular flexibility index (Phi) is 3.61. The van der Waals surface area contributed by atoms with Crippen LogP contribution in [0.15, 0.2) is 17.0 Å². The van der Waals surface area contributed by atoms with Crippen LogP contribution in [0.4, 0.5) is 5.82 Å². The van der Waals surface area contributed by atoms with Crippen LogP contribution in [0.5, 0.6) is 0 Å². The van der Waals surface area contributed by atoms with Gasteiger partial charge in [-0.05, 0) is 6.07 Å². The molecule has 0 atom stereocenters. The molecular formula is C8H7ClN2O4S. The van der Waals surface area contributed by atoms with Gasteiger partial charge in [0.25, 0.3) is 9.05 Å². The quantitative estimate of drug-likeness (QED) is 0.642. The zero-order chi connectivity index (χ0) is 12.3. The zero-order valence-corrected chi connectivity index (χ0v) is 9.67. The summed E-state index contributed by atoms with van der Waals surface area (Å²) in [5, 5.41) is 2.26. The van der Waals surface area contributed by atoms with E-state index in [2.05, 4.69) is 10.3 Å². The molecule has 1 aromatic heterocycles. The number of hydrogen-bond acceptors (Lipinski definition) is 5. The number of aromatic nitrogens is 1. The van der Waals surface area contributed by atoms with Gasteiger partial charge in [-0.2, -0.15) is 0 Å². The summed E-state index contributed by atoms with van der Waals surface area (Å²) in [6.45, 7) is 1.23. The van der Waals surface area contributed by atoms with Crippen molar-refractivity contribution >= 4 is 37.7 Å². The lowest BCUT2D eigenvalue weighted by Gasteiger charge is -2.03. The minimum atomic E-state index is -3.97. The molecule has 0 aliphatic carbocycles. The topological polar surface area (TPSA) is 93.2 Å². The van der Waals surface area contributed by atoms with Crippen LogP contribution in [0.3, 0.4) is 0 Å². The van der Waals surface area contributed by atoms with Crippen molar-refractivity contribution in [3.8, 4) is 0 Å². The van der Waals surface area contributed by atoms with Crippen LogP contribution in [0.25, 0.3) is 0 Å². The highest BCUT2D eigenvalue weighted by Crippen LogP contribution is 2.18. The van der Waals surface area contributed by atoms with Crippen LogP contribution >= 0.6 is 10.7 Å². The van der Waals surface area contributed by atoms with Gasteiger partial charge in [-0.15, -0.1) is 0 Å². The van der Waals surface area contributed by atoms with Gasteiger partial charge < -0.3 is 5.32 Å². The number of nitrogens with zero attached hydrogens (tertiary/aromatic N) is 1. The lowest BCUT2D eigenvalue weighted by molar-refractivity contribution is -0.114. The number of rotatable bonds is 3. The zero-order valence-electron chi connectivity index (χ0n) is 8.10. The van der Waals surface area contributed by atoms with E-state index in [0.29, 0.717) is 6.29 Å². The summed E-state index contributed by atoms with van der Waals surface area (Å²) in [6, 6.07) is 2.08. The molecule has 0 bridgehead atoms. The molecule has 6 nitrogen and oxygen atoms in total. The maximum atomic E-state index is 11.0. The van der Waals surface area contributed by atoms with Crippen LogP contribution in [-0.2, 0) is 13.8 Å². The fourth-order valence-electron chi connectivity index (χ4n) is 0.971. The second-order valence-corrected chi connectivity index (χ2v) is 5.42. The van der Waals surface area contributed by atoms with Crippen molar-refractivity contribution in [2.45, 2.75) is 11.8 Å². The number of pyridine rings is 1. The van der Waals surface area contributed by atoms with Gasteiger partial charge in [0.15, 0.2) is 6.29 Å². The molecule has 1 N–H and O–H groups in total. The number of nitrogens with one attached hydrogen (secondary N) is 1. The number of carbonyl (C=O) groups is 2. The van der Waals surface area contributed by atoms with E-state index in [9.17, 15) is 18.0 Å². The molecule has 16 heavy (non-hydrogen) atoms. The Morgan fingerprint density at radius 1 is 1.50 bits per heavy atom. The maximum Gasteiger partial charge on any atom is 0.261 e. The van der Waals surface area contributed by atoms with Crippen LogP contribution in [-0.4, -0.2) is 25.6 Å². The molecule has 1 heterocycles. The molecule has 0 aliphatic heterocycles. The van der Waals surface area contributed by atoms with E-state index in [1.807, 2.05) is 0 Å². The van der Waals surface area contributed by atoms with Gasteiger partial charge in [-0.3, -0.25) is 9.59 Å². The molecule has 0 saturated heterocycles. The van der Waals surface area contributed by atoms with Gasteiger partial charge in [0.1, 0.15) is 11.5 Å². The van der Waals surface area contributed by atoms with Gasteiger partial charge in [-0.1, -0.05) is 0 Å². The third-order valence-electron chi connectivity index (χ3n) is 1.53. The number of carbonyl (C=O) groups excluding carboxylic acids is 2. The Balaban J connectivity index is 3.32. The van der Waals surface area contributed by atoms with Crippen LogP contribution < -0.4 is 5.32 Å². The second-order valence-electron chi connectivity index (χ2n) is 2.85. The van der Waals surface area contributed by atoms with Gasteiger partial charge in [0, 0.05) is 23.7 Å². The largest absolute Gasteiger partial charge is 0.311 e. The highest BCUT2D eigenvalue weighted by atomic mass is 35.7. The first-order valence-corrected chi connectivity index (χ1v) is 6.33. The summed E-state index contributed by atoms with van der Waals surface area (Å²) in [5.41, 5.74) is -0.134. The minimum absolute atomic E-state index is 0.0451. The molecule has 0 aromatic carbocycles. The number of aldehydes is 1. The summed E-state index contributed by atoms with van der Waals surface area (Å²) in [4.78, 5) is 24.6. The molecule has 8 heteroatoms. The van der Waals surface area contributed by atoms with E-state index in [4.69, 9.17) is 10.7 Å². The van der Waals surface area contributed by atoms with Crippen LogP contribution in [0, 0.1) is 0 Å². The van der Waals surface area contributed by atoms with E-state index >= 15 is 0 Å². The van der Waals surface area contributed by atoms with E-state index in [0.717, 1.165) is 12.1 Å². The van der Waals surface area contributed by atoms with Crippen molar-refractivity contribution in [2.24, 2.45) is 0 Å².